The molecule has 1 fully saturated rings. The van der Waals surface area contributed by atoms with Gasteiger partial charge < -0.3 is 30.2 Å². The Morgan fingerprint density at radius 3 is 2.63 bits per heavy atom. The number of aromatic nitrogens is 2. The van der Waals surface area contributed by atoms with E-state index >= 15 is 0 Å². The first-order valence-corrected chi connectivity index (χ1v) is 14.1. The van der Waals surface area contributed by atoms with Gasteiger partial charge in [-0.05, 0) is 70.1 Å². The Morgan fingerprint density at radius 2 is 1.95 bits per heavy atom. The third-order valence-electron chi connectivity index (χ3n) is 7.23. The lowest BCUT2D eigenvalue weighted by molar-refractivity contribution is -0.139. The predicted molar refractivity (Wildman–Crippen MR) is 159 cm³/mol. The van der Waals surface area contributed by atoms with Gasteiger partial charge in [0.2, 0.25) is 0 Å². The molecular formula is C31H37F3N6O3. The van der Waals surface area contributed by atoms with Gasteiger partial charge in [0, 0.05) is 29.8 Å². The number of carbonyl (C=O) groups excluding carboxylic acids is 2. The third-order valence-corrected chi connectivity index (χ3v) is 7.23. The Bertz CT molecular complexity index is 1540. The van der Waals surface area contributed by atoms with E-state index < -0.39 is 18.6 Å². The molecule has 0 bridgehead atoms. The summed E-state index contributed by atoms with van der Waals surface area (Å²) < 4.78 is 46.3. The van der Waals surface area contributed by atoms with Crippen molar-refractivity contribution < 1.29 is 27.5 Å². The Hall–Kier alpha value is -4.24. The summed E-state index contributed by atoms with van der Waals surface area (Å²) >= 11 is 0. The number of anilines is 1. The lowest BCUT2D eigenvalue weighted by Gasteiger charge is -2.35. The van der Waals surface area contributed by atoms with E-state index in [0.717, 1.165) is 30.4 Å². The average molecular weight is 599 g/mol. The van der Waals surface area contributed by atoms with E-state index in [0.29, 0.717) is 22.6 Å². The molecule has 0 spiro atoms. The number of carbonyl (C=O) groups is 2. The molecule has 0 aliphatic carbocycles. The zero-order valence-electron chi connectivity index (χ0n) is 24.9. The minimum atomic E-state index is -4.47. The maximum Gasteiger partial charge on any atom is 0.406 e. The van der Waals surface area contributed by atoms with Crippen LogP contribution in [0.5, 0.6) is 5.75 Å². The summed E-state index contributed by atoms with van der Waals surface area (Å²) in [5.74, 6) is 6.02. The molecule has 2 atom stereocenters. The van der Waals surface area contributed by atoms with Gasteiger partial charge in [0.15, 0.2) is 0 Å². The maximum atomic E-state index is 13.4. The SMILES string of the molecule is COc1ccc(C(=O)NC(C)C)cc1NCC#Cc1cc(C(=O)N[C@H]2CCN(C)C[C@@H]2C)c2ncn(CC(F)(F)F)c2c1. The van der Waals surface area contributed by atoms with Crippen LogP contribution in [0.1, 0.15) is 53.5 Å². The first-order chi connectivity index (χ1) is 20.3. The number of hydrogen-bond acceptors (Lipinski definition) is 6. The van der Waals surface area contributed by atoms with E-state index in [1.165, 1.54) is 13.2 Å². The largest absolute Gasteiger partial charge is 0.495 e. The van der Waals surface area contributed by atoms with Crippen molar-refractivity contribution in [2.45, 2.75) is 52.0 Å². The number of fused-ring (bicyclic) bond motifs is 1. The van der Waals surface area contributed by atoms with E-state index in [9.17, 15) is 22.8 Å². The molecule has 2 amide bonds. The van der Waals surface area contributed by atoms with Crippen LogP contribution in [0.4, 0.5) is 18.9 Å². The fourth-order valence-electron chi connectivity index (χ4n) is 5.16. The molecule has 1 aromatic heterocycles. The minimum absolute atomic E-state index is 0.0265. The number of hydrogen-bond donors (Lipinski definition) is 3. The standard InChI is InChI=1S/C31H37F3N6O3/c1-19(2)37-29(41)22-8-9-27(43-5)25(15-22)35-11-6-7-21-13-23(30(42)38-24-10-12-39(4)16-20(24)3)28-26(14-21)40(18-36-28)17-31(32,33)34/h8-9,13-15,18-20,24,35H,10-12,16-17H2,1-5H3,(H,37,41)(H,38,42)/t20-,24-/m0/s1. The van der Waals surface area contributed by atoms with Crippen molar-refractivity contribution in [2.24, 2.45) is 5.92 Å². The summed E-state index contributed by atoms with van der Waals surface area (Å²) in [6.45, 7) is 6.36. The summed E-state index contributed by atoms with van der Waals surface area (Å²) in [6, 6.07) is 7.97. The topological polar surface area (TPSA) is 101 Å². The second-order valence-electron chi connectivity index (χ2n) is 11.2. The minimum Gasteiger partial charge on any atom is -0.495 e. The van der Waals surface area contributed by atoms with Crippen LogP contribution >= 0.6 is 0 Å². The Kier molecular flexibility index (Phi) is 9.86. The molecule has 3 N–H and O–H groups in total. The van der Waals surface area contributed by atoms with Crippen LogP contribution in [0, 0.1) is 17.8 Å². The van der Waals surface area contributed by atoms with E-state index in [2.05, 4.69) is 44.6 Å². The van der Waals surface area contributed by atoms with Crippen molar-refractivity contribution in [3.63, 3.8) is 0 Å². The third kappa shape index (κ3) is 8.20. The molecule has 0 saturated carbocycles. The number of alkyl halides is 3. The quantitative estimate of drug-likeness (QED) is 0.335. The van der Waals surface area contributed by atoms with E-state index in [1.54, 1.807) is 24.3 Å². The highest BCUT2D eigenvalue weighted by Crippen LogP contribution is 2.27. The number of benzene rings is 2. The van der Waals surface area contributed by atoms with E-state index in [-0.39, 0.29) is 47.1 Å². The van der Waals surface area contributed by atoms with Crippen LogP contribution < -0.4 is 20.7 Å². The number of methoxy groups -OCH3 is 1. The monoisotopic (exact) mass is 598 g/mol. The summed E-state index contributed by atoms with van der Waals surface area (Å²) in [5, 5.41) is 9.04. The fourth-order valence-corrected chi connectivity index (χ4v) is 5.16. The van der Waals surface area contributed by atoms with Crippen LogP contribution in [0.2, 0.25) is 0 Å². The highest BCUT2D eigenvalue weighted by atomic mass is 19.4. The predicted octanol–water partition coefficient (Wildman–Crippen LogP) is 4.28. The van der Waals surface area contributed by atoms with Crippen molar-refractivity contribution in [1.29, 1.82) is 0 Å². The average Bonchev–Trinajstić information content (AvgIpc) is 3.32. The molecule has 0 unspecified atom stereocenters. The molecule has 3 aromatic rings. The molecule has 1 saturated heterocycles. The lowest BCUT2D eigenvalue weighted by atomic mass is 9.93. The van der Waals surface area contributed by atoms with Gasteiger partial charge in [-0.25, -0.2) is 4.98 Å². The van der Waals surface area contributed by atoms with Crippen LogP contribution in [-0.4, -0.2) is 78.3 Å². The number of piperidine rings is 1. The molecule has 0 radical (unpaired) electrons. The first-order valence-electron chi connectivity index (χ1n) is 14.1. The fraction of sp³-hybridized carbons (Fsp3) is 0.452. The van der Waals surface area contributed by atoms with Crippen molar-refractivity contribution in [3.05, 3.63) is 53.3 Å². The number of ether oxygens (including phenoxy) is 1. The van der Waals surface area contributed by atoms with Gasteiger partial charge in [-0.1, -0.05) is 18.8 Å². The normalized spacial score (nSPS) is 17.3. The van der Waals surface area contributed by atoms with E-state index in [1.807, 2.05) is 20.9 Å². The van der Waals surface area contributed by atoms with Gasteiger partial charge in [-0.15, -0.1) is 0 Å². The summed E-state index contributed by atoms with van der Waals surface area (Å²) in [6.07, 6.45) is -2.60. The molecule has 43 heavy (non-hydrogen) atoms. The molecular weight excluding hydrogens is 561 g/mol. The molecule has 1 aliphatic rings. The van der Waals surface area contributed by atoms with Gasteiger partial charge in [-0.2, -0.15) is 13.2 Å². The summed E-state index contributed by atoms with van der Waals surface area (Å²) in [4.78, 5) is 32.2. The number of likely N-dealkylation sites (tertiary alicyclic amines) is 1. The van der Waals surface area contributed by atoms with Crippen molar-refractivity contribution >= 4 is 28.5 Å². The van der Waals surface area contributed by atoms with Gasteiger partial charge in [0.1, 0.15) is 17.8 Å². The van der Waals surface area contributed by atoms with Crippen molar-refractivity contribution in [1.82, 2.24) is 25.1 Å². The second kappa shape index (κ2) is 13.4. The molecule has 1 aliphatic heterocycles. The van der Waals surface area contributed by atoms with E-state index in [4.69, 9.17) is 4.74 Å². The number of nitrogens with zero attached hydrogens (tertiary/aromatic N) is 3. The molecule has 12 heteroatoms. The number of amides is 2. The van der Waals surface area contributed by atoms with Gasteiger partial charge in [-0.3, -0.25) is 9.59 Å². The zero-order chi connectivity index (χ0) is 31.3. The van der Waals surface area contributed by atoms with Gasteiger partial charge in [0.25, 0.3) is 11.8 Å². The molecule has 9 nitrogen and oxygen atoms in total. The van der Waals surface area contributed by atoms with Crippen molar-refractivity contribution in [3.8, 4) is 17.6 Å². The number of nitrogens with one attached hydrogen (secondary N) is 3. The smallest absolute Gasteiger partial charge is 0.406 e. The molecule has 4 rings (SSSR count). The first kappa shape index (κ1) is 31.7. The Labute approximate surface area is 249 Å². The second-order valence-corrected chi connectivity index (χ2v) is 11.2. The highest BCUT2D eigenvalue weighted by Gasteiger charge is 2.30. The van der Waals surface area contributed by atoms with Gasteiger partial charge >= 0.3 is 6.18 Å². The number of imidazole rings is 1. The Balaban J connectivity index is 1.60. The Morgan fingerprint density at radius 1 is 1.19 bits per heavy atom. The summed E-state index contributed by atoms with van der Waals surface area (Å²) in [7, 11) is 3.54. The highest BCUT2D eigenvalue weighted by molar-refractivity contribution is 6.05. The van der Waals surface area contributed by atoms with Gasteiger partial charge in [0.05, 0.1) is 36.7 Å². The number of halogens is 3. The maximum absolute atomic E-state index is 13.4. The molecule has 230 valence electrons. The van der Waals surface area contributed by atoms with Crippen LogP contribution in [0.3, 0.4) is 0 Å². The molecule has 2 aromatic carbocycles. The zero-order valence-corrected chi connectivity index (χ0v) is 24.9. The molecule has 2 heterocycles. The van der Waals surface area contributed by atoms with Crippen LogP contribution in [-0.2, 0) is 6.54 Å². The van der Waals surface area contributed by atoms with Crippen LogP contribution in [0.15, 0.2) is 36.7 Å². The summed E-state index contributed by atoms with van der Waals surface area (Å²) in [5.41, 5.74) is 1.91. The lowest BCUT2D eigenvalue weighted by Crippen LogP contribution is -2.48. The van der Waals surface area contributed by atoms with Crippen LogP contribution in [0.25, 0.3) is 11.0 Å². The van der Waals surface area contributed by atoms with Crippen molar-refractivity contribution in [2.75, 3.05) is 39.1 Å². The number of rotatable bonds is 8.